The monoisotopic (exact) mass is 307 g/mol. The van der Waals surface area contributed by atoms with Crippen molar-refractivity contribution in [1.29, 1.82) is 0 Å². The Kier molecular flexibility index (Phi) is 4.46. The first-order valence-electron chi connectivity index (χ1n) is 7.45. The minimum absolute atomic E-state index is 0.743. The van der Waals surface area contributed by atoms with Gasteiger partial charge in [-0.05, 0) is 32.3 Å². The normalized spacial score (nSPS) is 16.1. The Morgan fingerprint density at radius 1 is 1.35 bits per heavy atom. The summed E-state index contributed by atoms with van der Waals surface area (Å²) in [5.74, 6) is 0.793. The lowest BCUT2D eigenvalue weighted by atomic mass is 10.4. The summed E-state index contributed by atoms with van der Waals surface area (Å²) >= 11 is 3.72. The van der Waals surface area contributed by atoms with Gasteiger partial charge < -0.3 is 5.32 Å². The second kappa shape index (κ2) is 6.31. The second-order valence-corrected chi connectivity index (χ2v) is 7.90. The molecule has 1 saturated carbocycles. The van der Waals surface area contributed by atoms with Crippen LogP contribution in [-0.4, -0.2) is 21.8 Å². The maximum absolute atomic E-state index is 4.76. The number of aryl methyl sites for hydroxylation is 1. The smallest absolute Gasteiger partial charge is 0.225 e. The maximum atomic E-state index is 4.76. The van der Waals surface area contributed by atoms with Gasteiger partial charge in [0.1, 0.15) is 9.86 Å². The summed E-state index contributed by atoms with van der Waals surface area (Å²) in [6, 6.07) is 2.24. The predicted molar refractivity (Wildman–Crippen MR) is 89.0 cm³/mol. The second-order valence-electron chi connectivity index (χ2n) is 5.38. The highest BCUT2D eigenvalue weighted by Gasteiger charge is 2.19. The van der Waals surface area contributed by atoms with Crippen LogP contribution in [0.2, 0.25) is 0 Å². The summed E-state index contributed by atoms with van der Waals surface area (Å²) in [6.45, 7) is 5.24. The predicted octanol–water partition coefficient (Wildman–Crippen LogP) is 4.86. The number of rotatable bonds is 5. The fraction of sp³-hybridized carbons (Fsp3) is 0.600. The van der Waals surface area contributed by atoms with Gasteiger partial charge in [0.2, 0.25) is 5.95 Å². The number of thioether (sulfide) groups is 1. The number of fused-ring (bicyclic) bond motifs is 1. The van der Waals surface area contributed by atoms with Crippen molar-refractivity contribution in [3.63, 3.8) is 0 Å². The van der Waals surface area contributed by atoms with Crippen LogP contribution >= 0.6 is 23.1 Å². The molecule has 2 heterocycles. The Morgan fingerprint density at radius 2 is 2.15 bits per heavy atom. The minimum atomic E-state index is 0.743. The highest BCUT2D eigenvalue weighted by molar-refractivity contribution is 8.00. The topological polar surface area (TPSA) is 37.8 Å². The molecule has 2 aromatic rings. The minimum Gasteiger partial charge on any atom is -0.354 e. The molecule has 1 aliphatic rings. The van der Waals surface area contributed by atoms with Crippen molar-refractivity contribution in [3.05, 3.63) is 10.9 Å². The molecule has 1 aliphatic carbocycles. The van der Waals surface area contributed by atoms with Crippen LogP contribution in [0.1, 0.15) is 43.9 Å². The highest BCUT2D eigenvalue weighted by atomic mass is 32.2. The number of nitrogens with one attached hydrogen (secondary N) is 1. The van der Waals surface area contributed by atoms with Gasteiger partial charge in [-0.3, -0.25) is 0 Å². The molecule has 0 unspecified atom stereocenters. The third kappa shape index (κ3) is 3.09. The first kappa shape index (κ1) is 14.1. The van der Waals surface area contributed by atoms with E-state index in [4.69, 9.17) is 4.98 Å². The third-order valence-electron chi connectivity index (χ3n) is 3.59. The van der Waals surface area contributed by atoms with Crippen LogP contribution in [0.25, 0.3) is 10.2 Å². The maximum Gasteiger partial charge on any atom is 0.225 e. The van der Waals surface area contributed by atoms with Crippen LogP contribution in [0.4, 0.5) is 5.95 Å². The molecule has 0 spiro atoms. The molecule has 1 N–H and O–H groups in total. The van der Waals surface area contributed by atoms with Crippen molar-refractivity contribution in [3.8, 4) is 0 Å². The lowest BCUT2D eigenvalue weighted by molar-refractivity contribution is 0.886. The summed E-state index contributed by atoms with van der Waals surface area (Å²) in [5, 5.41) is 6.49. The van der Waals surface area contributed by atoms with Gasteiger partial charge in [0.25, 0.3) is 0 Å². The molecular formula is C15H21N3S2. The zero-order chi connectivity index (χ0) is 13.9. The zero-order valence-corrected chi connectivity index (χ0v) is 13.7. The van der Waals surface area contributed by atoms with E-state index in [0.717, 1.165) is 29.0 Å². The first-order chi connectivity index (χ1) is 9.76. The van der Waals surface area contributed by atoms with E-state index in [0.29, 0.717) is 0 Å². The standard InChI is InChI=1S/C15H21N3S2/c1-3-8-16-15-17-13-12(9-10(2)19-13)14(18-15)20-11-6-4-5-7-11/h9,11H,3-8H2,1-2H3,(H,16,17,18). The summed E-state index contributed by atoms with van der Waals surface area (Å²) in [4.78, 5) is 11.9. The fourth-order valence-electron chi connectivity index (χ4n) is 2.59. The van der Waals surface area contributed by atoms with Gasteiger partial charge in [-0.2, -0.15) is 0 Å². The van der Waals surface area contributed by atoms with Gasteiger partial charge in [0.15, 0.2) is 0 Å². The molecule has 3 rings (SSSR count). The Hall–Kier alpha value is -0.810. The van der Waals surface area contributed by atoms with E-state index in [1.807, 2.05) is 11.8 Å². The number of hydrogen-bond acceptors (Lipinski definition) is 5. The fourth-order valence-corrected chi connectivity index (χ4v) is 4.84. The van der Waals surface area contributed by atoms with Gasteiger partial charge in [-0.15, -0.1) is 23.1 Å². The number of hydrogen-bond donors (Lipinski definition) is 1. The van der Waals surface area contributed by atoms with E-state index >= 15 is 0 Å². The Balaban J connectivity index is 1.93. The molecule has 5 heteroatoms. The first-order valence-corrected chi connectivity index (χ1v) is 9.14. The van der Waals surface area contributed by atoms with E-state index < -0.39 is 0 Å². The molecule has 0 bridgehead atoms. The largest absolute Gasteiger partial charge is 0.354 e. The molecule has 108 valence electrons. The molecule has 0 aliphatic heterocycles. The molecule has 1 fully saturated rings. The van der Waals surface area contributed by atoms with E-state index in [1.165, 1.54) is 41.0 Å². The van der Waals surface area contributed by atoms with E-state index in [1.54, 1.807) is 11.3 Å². The molecule has 2 aromatic heterocycles. The van der Waals surface area contributed by atoms with E-state index in [9.17, 15) is 0 Å². The SMILES string of the molecule is CCCNc1nc(SC2CCCC2)c2cc(C)sc2n1. The number of thiophene rings is 1. The quantitative estimate of drug-likeness (QED) is 0.801. The molecule has 0 aromatic carbocycles. The van der Waals surface area contributed by atoms with Crippen molar-refractivity contribution in [2.75, 3.05) is 11.9 Å². The van der Waals surface area contributed by atoms with Crippen molar-refractivity contribution in [1.82, 2.24) is 9.97 Å². The van der Waals surface area contributed by atoms with E-state index in [2.05, 4.69) is 30.2 Å². The average molecular weight is 307 g/mol. The van der Waals surface area contributed by atoms with Crippen LogP contribution in [-0.2, 0) is 0 Å². The number of nitrogens with zero attached hydrogens (tertiary/aromatic N) is 2. The van der Waals surface area contributed by atoms with Crippen molar-refractivity contribution in [2.24, 2.45) is 0 Å². The van der Waals surface area contributed by atoms with Gasteiger partial charge >= 0.3 is 0 Å². The summed E-state index contributed by atoms with van der Waals surface area (Å²) in [5.41, 5.74) is 0. The zero-order valence-electron chi connectivity index (χ0n) is 12.1. The molecular weight excluding hydrogens is 286 g/mol. The van der Waals surface area contributed by atoms with Crippen LogP contribution in [0.15, 0.2) is 11.1 Å². The van der Waals surface area contributed by atoms with Crippen LogP contribution < -0.4 is 5.32 Å². The van der Waals surface area contributed by atoms with Gasteiger partial charge in [0.05, 0.1) is 0 Å². The number of anilines is 1. The Bertz CT molecular complexity index is 588. The third-order valence-corrected chi connectivity index (χ3v) is 5.88. The molecule has 0 amide bonds. The lowest BCUT2D eigenvalue weighted by Crippen LogP contribution is -2.05. The Morgan fingerprint density at radius 3 is 2.90 bits per heavy atom. The Labute approximate surface area is 128 Å². The number of aromatic nitrogens is 2. The van der Waals surface area contributed by atoms with Crippen molar-refractivity contribution < 1.29 is 0 Å². The molecule has 20 heavy (non-hydrogen) atoms. The van der Waals surface area contributed by atoms with Crippen molar-refractivity contribution in [2.45, 2.75) is 56.2 Å². The molecule has 0 atom stereocenters. The van der Waals surface area contributed by atoms with Gasteiger partial charge in [-0.1, -0.05) is 19.8 Å². The molecule has 0 radical (unpaired) electrons. The molecule has 0 saturated heterocycles. The molecule has 3 nitrogen and oxygen atoms in total. The van der Waals surface area contributed by atoms with Gasteiger partial charge in [-0.25, -0.2) is 9.97 Å². The summed E-state index contributed by atoms with van der Waals surface area (Å²) in [6.07, 6.45) is 6.50. The summed E-state index contributed by atoms with van der Waals surface area (Å²) in [7, 11) is 0. The van der Waals surface area contributed by atoms with Gasteiger partial charge in [0, 0.05) is 22.1 Å². The van der Waals surface area contributed by atoms with Crippen LogP contribution in [0.3, 0.4) is 0 Å². The van der Waals surface area contributed by atoms with Crippen LogP contribution in [0.5, 0.6) is 0 Å². The van der Waals surface area contributed by atoms with Crippen LogP contribution in [0, 0.1) is 6.92 Å². The average Bonchev–Trinajstić information content (AvgIpc) is 3.05. The van der Waals surface area contributed by atoms with E-state index in [-0.39, 0.29) is 0 Å². The lowest BCUT2D eigenvalue weighted by Gasteiger charge is -2.10. The van der Waals surface area contributed by atoms with Crippen molar-refractivity contribution >= 4 is 39.3 Å². The highest BCUT2D eigenvalue weighted by Crippen LogP contribution is 2.39. The summed E-state index contributed by atoms with van der Waals surface area (Å²) < 4.78 is 0.